The van der Waals surface area contributed by atoms with Gasteiger partial charge in [-0.3, -0.25) is 10.0 Å². The van der Waals surface area contributed by atoms with Crippen LogP contribution < -0.4 is 10.8 Å². The zero-order valence-corrected chi connectivity index (χ0v) is 12.9. The molecule has 2 heterocycles. The van der Waals surface area contributed by atoms with Crippen LogP contribution in [0, 0.1) is 0 Å². The number of amides is 1. The van der Waals surface area contributed by atoms with Gasteiger partial charge in [0.25, 0.3) is 11.9 Å². The van der Waals surface area contributed by atoms with Crippen molar-refractivity contribution in [2.75, 3.05) is 5.32 Å². The van der Waals surface area contributed by atoms with Crippen LogP contribution in [0.1, 0.15) is 16.1 Å². The molecule has 0 aliphatic rings. The number of aromatic nitrogens is 2. The number of rotatable bonds is 4. The normalized spacial score (nSPS) is 11.2. The van der Waals surface area contributed by atoms with Crippen molar-refractivity contribution in [2.45, 2.75) is 6.18 Å². The molecule has 0 spiro atoms. The monoisotopic (exact) mass is 364 g/mol. The molecule has 2 aromatic heterocycles. The quantitative estimate of drug-likeness (QED) is 0.483. The minimum atomic E-state index is -4.40. The number of alkyl halides is 3. The predicted octanol–water partition coefficient (Wildman–Crippen LogP) is 3.62. The molecule has 3 rings (SSSR count). The van der Waals surface area contributed by atoms with Crippen molar-refractivity contribution in [1.29, 1.82) is 0 Å². The third-order valence-corrected chi connectivity index (χ3v) is 3.35. The van der Waals surface area contributed by atoms with E-state index in [9.17, 15) is 18.0 Å². The largest absolute Gasteiger partial charge is 0.423 e. The topological polar surface area (TPSA) is 100 Å². The number of carbonyl (C=O) groups is 1. The van der Waals surface area contributed by atoms with Crippen molar-refractivity contribution in [1.82, 2.24) is 15.4 Å². The average Bonchev–Trinajstić information content (AvgIpc) is 3.09. The SMILES string of the molecule is O=C(NO)c1ccc(Nc2ncc(-c3ccc(C(F)(F)F)cc3)o2)cn1. The fraction of sp³-hybridized carbons (Fsp3) is 0.0625. The van der Waals surface area contributed by atoms with Crippen LogP contribution in [0.2, 0.25) is 0 Å². The number of benzene rings is 1. The summed E-state index contributed by atoms with van der Waals surface area (Å²) >= 11 is 0. The van der Waals surface area contributed by atoms with Gasteiger partial charge in [-0.05, 0) is 24.3 Å². The summed E-state index contributed by atoms with van der Waals surface area (Å²) in [4.78, 5) is 19.0. The lowest BCUT2D eigenvalue weighted by molar-refractivity contribution is -0.137. The van der Waals surface area contributed by atoms with Gasteiger partial charge in [-0.2, -0.15) is 13.2 Å². The van der Waals surface area contributed by atoms with Crippen LogP contribution in [0.3, 0.4) is 0 Å². The lowest BCUT2D eigenvalue weighted by Gasteiger charge is -2.06. The molecule has 134 valence electrons. The number of hydrogen-bond acceptors (Lipinski definition) is 6. The van der Waals surface area contributed by atoms with E-state index in [0.29, 0.717) is 11.3 Å². The molecule has 1 aromatic carbocycles. The van der Waals surface area contributed by atoms with E-state index < -0.39 is 17.6 Å². The molecule has 0 radical (unpaired) electrons. The lowest BCUT2D eigenvalue weighted by atomic mass is 10.1. The molecule has 1 amide bonds. The van der Waals surface area contributed by atoms with Gasteiger partial charge < -0.3 is 9.73 Å². The summed E-state index contributed by atoms with van der Waals surface area (Å²) in [7, 11) is 0. The van der Waals surface area contributed by atoms with Crippen LogP contribution in [0.15, 0.2) is 53.2 Å². The summed E-state index contributed by atoms with van der Waals surface area (Å²) in [5.41, 5.74) is 1.61. The minimum absolute atomic E-state index is 0.0101. The Balaban J connectivity index is 1.73. The molecule has 0 saturated carbocycles. The van der Waals surface area contributed by atoms with Gasteiger partial charge in [-0.25, -0.2) is 15.4 Å². The lowest BCUT2D eigenvalue weighted by Crippen LogP contribution is -2.19. The van der Waals surface area contributed by atoms with E-state index >= 15 is 0 Å². The maximum atomic E-state index is 12.6. The smallest absolute Gasteiger partial charge is 0.416 e. The first-order valence-electron chi connectivity index (χ1n) is 7.18. The van der Waals surface area contributed by atoms with Crippen LogP contribution >= 0.6 is 0 Å². The fourth-order valence-corrected chi connectivity index (χ4v) is 2.07. The van der Waals surface area contributed by atoms with Gasteiger partial charge in [0.15, 0.2) is 5.76 Å². The molecule has 0 aliphatic heterocycles. The van der Waals surface area contributed by atoms with Gasteiger partial charge in [0.2, 0.25) is 0 Å². The Hall–Kier alpha value is -3.40. The van der Waals surface area contributed by atoms with Crippen molar-refractivity contribution in [3.8, 4) is 11.3 Å². The van der Waals surface area contributed by atoms with Gasteiger partial charge >= 0.3 is 6.18 Å². The van der Waals surface area contributed by atoms with Crippen LogP contribution in [-0.2, 0) is 6.18 Å². The third kappa shape index (κ3) is 3.81. The Labute approximate surface area is 144 Å². The second kappa shape index (κ2) is 6.84. The van der Waals surface area contributed by atoms with E-state index in [-0.39, 0.29) is 17.5 Å². The zero-order valence-electron chi connectivity index (χ0n) is 12.9. The Morgan fingerprint density at radius 1 is 1.04 bits per heavy atom. The number of oxazole rings is 1. The van der Waals surface area contributed by atoms with Crippen molar-refractivity contribution >= 4 is 17.6 Å². The van der Waals surface area contributed by atoms with E-state index in [4.69, 9.17) is 9.62 Å². The van der Waals surface area contributed by atoms with Crippen molar-refractivity contribution in [3.05, 3.63) is 60.0 Å². The Morgan fingerprint density at radius 2 is 1.77 bits per heavy atom. The second-order valence-corrected chi connectivity index (χ2v) is 5.10. The number of halogens is 3. The van der Waals surface area contributed by atoms with E-state index in [2.05, 4.69) is 15.3 Å². The molecule has 0 saturated heterocycles. The van der Waals surface area contributed by atoms with Gasteiger partial charge in [-0.1, -0.05) is 12.1 Å². The summed E-state index contributed by atoms with van der Waals surface area (Å²) in [6.07, 6.45) is -1.71. The van der Waals surface area contributed by atoms with Crippen LogP contribution in [0.25, 0.3) is 11.3 Å². The molecular formula is C16H11F3N4O3. The van der Waals surface area contributed by atoms with E-state index in [0.717, 1.165) is 12.1 Å². The molecule has 0 fully saturated rings. The molecule has 3 N–H and O–H groups in total. The average molecular weight is 364 g/mol. The molecule has 10 heteroatoms. The van der Waals surface area contributed by atoms with Crippen LogP contribution in [0.5, 0.6) is 0 Å². The highest BCUT2D eigenvalue weighted by atomic mass is 19.4. The Kier molecular flexibility index (Phi) is 4.59. The Morgan fingerprint density at radius 3 is 2.35 bits per heavy atom. The summed E-state index contributed by atoms with van der Waals surface area (Å²) in [5, 5.41) is 11.3. The highest BCUT2D eigenvalue weighted by Gasteiger charge is 2.30. The number of nitrogens with one attached hydrogen (secondary N) is 2. The van der Waals surface area contributed by atoms with E-state index in [1.54, 1.807) is 0 Å². The zero-order chi connectivity index (χ0) is 18.7. The summed E-state index contributed by atoms with van der Waals surface area (Å²) in [5.74, 6) is -0.470. The maximum absolute atomic E-state index is 12.6. The maximum Gasteiger partial charge on any atom is 0.416 e. The number of pyridine rings is 1. The van der Waals surface area contributed by atoms with Crippen molar-refractivity contribution in [2.24, 2.45) is 0 Å². The first-order valence-corrected chi connectivity index (χ1v) is 7.18. The standard InChI is InChI=1S/C16H11F3N4O3/c17-16(18,19)10-3-1-9(2-4-10)13-8-21-15(26-13)22-11-5-6-12(20-7-11)14(24)23-25/h1-8,25H,(H,21,22)(H,23,24). The third-order valence-electron chi connectivity index (χ3n) is 3.35. The van der Waals surface area contributed by atoms with Crippen LogP contribution in [0.4, 0.5) is 24.9 Å². The number of carbonyl (C=O) groups excluding carboxylic acids is 1. The van der Waals surface area contributed by atoms with E-state index in [1.165, 1.54) is 42.1 Å². The molecule has 0 bridgehead atoms. The minimum Gasteiger partial charge on any atom is -0.423 e. The summed E-state index contributed by atoms with van der Waals surface area (Å²) in [6.45, 7) is 0. The van der Waals surface area contributed by atoms with Gasteiger partial charge in [-0.15, -0.1) is 0 Å². The number of hydroxylamine groups is 1. The number of nitrogens with zero attached hydrogens (tertiary/aromatic N) is 2. The highest BCUT2D eigenvalue weighted by molar-refractivity contribution is 5.91. The fourth-order valence-electron chi connectivity index (χ4n) is 2.07. The molecule has 3 aromatic rings. The van der Waals surface area contributed by atoms with Gasteiger partial charge in [0, 0.05) is 5.56 Å². The van der Waals surface area contributed by atoms with Crippen molar-refractivity contribution in [3.63, 3.8) is 0 Å². The molecule has 7 nitrogen and oxygen atoms in total. The second-order valence-electron chi connectivity index (χ2n) is 5.10. The first-order chi connectivity index (χ1) is 12.4. The molecule has 26 heavy (non-hydrogen) atoms. The van der Waals surface area contributed by atoms with Crippen molar-refractivity contribution < 1.29 is 27.6 Å². The highest BCUT2D eigenvalue weighted by Crippen LogP contribution is 2.31. The Bertz CT molecular complexity index is 906. The molecule has 0 atom stereocenters. The molecule has 0 unspecified atom stereocenters. The summed E-state index contributed by atoms with van der Waals surface area (Å²) in [6, 6.07) is 7.47. The van der Waals surface area contributed by atoms with Gasteiger partial charge in [0.05, 0.1) is 23.6 Å². The predicted molar refractivity (Wildman–Crippen MR) is 83.7 cm³/mol. The molecular weight excluding hydrogens is 353 g/mol. The molecule has 0 aliphatic carbocycles. The van der Waals surface area contributed by atoms with Crippen LogP contribution in [-0.4, -0.2) is 21.1 Å². The number of hydrogen-bond donors (Lipinski definition) is 3. The number of anilines is 2. The first kappa shape index (κ1) is 17.4. The van der Waals surface area contributed by atoms with E-state index in [1.807, 2.05) is 0 Å². The summed E-state index contributed by atoms with van der Waals surface area (Å²) < 4.78 is 43.2. The van der Waals surface area contributed by atoms with Gasteiger partial charge in [0.1, 0.15) is 5.69 Å².